The number of hydrogen-bond donors (Lipinski definition) is 1. The fraction of sp³-hybridized carbons (Fsp3) is 0.235. The summed E-state index contributed by atoms with van der Waals surface area (Å²) < 4.78 is 34.6. The van der Waals surface area contributed by atoms with E-state index in [0.29, 0.717) is 22.9 Å². The van der Waals surface area contributed by atoms with Gasteiger partial charge in [-0.3, -0.25) is 13.9 Å². The van der Waals surface area contributed by atoms with Gasteiger partial charge in [0, 0.05) is 19.5 Å². The van der Waals surface area contributed by atoms with Crippen LogP contribution in [0.4, 0.5) is 5.69 Å². The average molecular weight is 703 g/mol. The monoisotopic (exact) mass is 701 g/mol. The molecule has 46 heavy (non-hydrogen) atoms. The number of sulfonamides is 1. The standard InChI is InChI=1S/C34H34Cl3N3O5S/c1-4-38-34(42)31(19-24-8-6-5-7-9-24)39(21-25-12-16-28(35)29(36)18-25)33(41)22-40(26-13-17-32(45-3)30(37)20-26)46(43,44)27-14-10-23(2)11-15-27/h5-18,20,31H,4,19,21-22H2,1-3H3,(H,38,42)/t31-/m1/s1. The van der Waals surface area contributed by atoms with Crippen LogP contribution < -0.4 is 14.4 Å². The van der Waals surface area contributed by atoms with Gasteiger partial charge in [0.25, 0.3) is 10.0 Å². The number of rotatable bonds is 13. The Hall–Kier alpha value is -3.76. The summed E-state index contributed by atoms with van der Waals surface area (Å²) in [5, 5.41) is 3.60. The quantitative estimate of drug-likeness (QED) is 0.163. The highest BCUT2D eigenvalue weighted by atomic mass is 35.5. The van der Waals surface area contributed by atoms with Crippen molar-refractivity contribution in [2.75, 3.05) is 24.5 Å². The second kappa shape index (κ2) is 15.7. The number of nitrogens with zero attached hydrogens (tertiary/aromatic N) is 2. The molecule has 0 fully saturated rings. The van der Waals surface area contributed by atoms with Gasteiger partial charge in [-0.1, -0.05) is 88.9 Å². The van der Waals surface area contributed by atoms with Crippen LogP contribution in [0.2, 0.25) is 15.1 Å². The Morgan fingerprint density at radius 1 is 0.848 bits per heavy atom. The predicted octanol–water partition coefficient (Wildman–Crippen LogP) is 6.94. The molecule has 2 amide bonds. The number of methoxy groups -OCH3 is 1. The normalized spacial score (nSPS) is 11.9. The minimum atomic E-state index is -4.29. The number of amides is 2. The molecule has 0 aliphatic heterocycles. The Morgan fingerprint density at radius 2 is 1.54 bits per heavy atom. The van der Waals surface area contributed by atoms with Gasteiger partial charge in [-0.2, -0.15) is 0 Å². The van der Waals surface area contributed by atoms with Crippen LogP contribution in [0, 0.1) is 6.92 Å². The zero-order chi connectivity index (χ0) is 33.4. The zero-order valence-electron chi connectivity index (χ0n) is 25.5. The minimum Gasteiger partial charge on any atom is -0.495 e. The van der Waals surface area contributed by atoms with E-state index in [1.165, 1.54) is 42.3 Å². The summed E-state index contributed by atoms with van der Waals surface area (Å²) >= 11 is 18.9. The van der Waals surface area contributed by atoms with Crippen LogP contribution in [0.1, 0.15) is 23.6 Å². The first-order valence-corrected chi connectivity index (χ1v) is 17.0. The Labute approximate surface area is 284 Å². The van der Waals surface area contributed by atoms with Crippen LogP contribution in [0.3, 0.4) is 0 Å². The lowest BCUT2D eigenvalue weighted by atomic mass is 10.0. The van der Waals surface area contributed by atoms with Gasteiger partial charge in [0.1, 0.15) is 18.3 Å². The van der Waals surface area contributed by atoms with Crippen LogP contribution in [-0.4, -0.2) is 51.4 Å². The molecule has 0 unspecified atom stereocenters. The number of carbonyl (C=O) groups is 2. The summed E-state index contributed by atoms with van der Waals surface area (Å²) in [6.07, 6.45) is 0.179. The van der Waals surface area contributed by atoms with Crippen molar-refractivity contribution in [3.63, 3.8) is 0 Å². The average Bonchev–Trinajstić information content (AvgIpc) is 3.03. The molecule has 0 bridgehead atoms. The third-order valence-corrected chi connectivity index (χ3v) is 10.1. The number of ether oxygens (including phenoxy) is 1. The number of carbonyl (C=O) groups excluding carboxylic acids is 2. The minimum absolute atomic E-state index is 0.0153. The summed E-state index contributed by atoms with van der Waals surface area (Å²) in [4.78, 5) is 29.5. The van der Waals surface area contributed by atoms with Crippen molar-refractivity contribution in [3.8, 4) is 5.75 Å². The van der Waals surface area contributed by atoms with Crippen molar-refractivity contribution in [3.05, 3.63) is 123 Å². The fourth-order valence-corrected chi connectivity index (χ4v) is 6.84. The Morgan fingerprint density at radius 3 is 2.15 bits per heavy atom. The summed E-state index contributed by atoms with van der Waals surface area (Å²) in [5.41, 5.74) is 2.43. The molecule has 1 N–H and O–H groups in total. The SMILES string of the molecule is CCNC(=O)[C@@H](Cc1ccccc1)N(Cc1ccc(Cl)c(Cl)c1)C(=O)CN(c1ccc(OC)c(Cl)c1)S(=O)(=O)c1ccc(C)cc1. The Balaban J connectivity index is 1.83. The van der Waals surface area contributed by atoms with E-state index in [1.807, 2.05) is 37.3 Å². The topological polar surface area (TPSA) is 96.0 Å². The second-order valence-corrected chi connectivity index (χ2v) is 13.6. The molecule has 242 valence electrons. The van der Waals surface area contributed by atoms with E-state index < -0.39 is 28.5 Å². The highest BCUT2D eigenvalue weighted by molar-refractivity contribution is 7.92. The number of aryl methyl sites for hydroxylation is 1. The van der Waals surface area contributed by atoms with Crippen LogP contribution in [-0.2, 0) is 32.6 Å². The van der Waals surface area contributed by atoms with E-state index in [4.69, 9.17) is 39.5 Å². The smallest absolute Gasteiger partial charge is 0.264 e. The van der Waals surface area contributed by atoms with Crippen LogP contribution in [0.15, 0.2) is 95.9 Å². The molecule has 0 aromatic heterocycles. The summed E-state index contributed by atoms with van der Waals surface area (Å²) in [7, 11) is -2.84. The molecule has 0 spiro atoms. The van der Waals surface area contributed by atoms with Gasteiger partial charge in [0.2, 0.25) is 11.8 Å². The second-order valence-electron chi connectivity index (χ2n) is 10.5. The molecule has 1 atom stereocenters. The molecule has 8 nitrogen and oxygen atoms in total. The van der Waals surface area contributed by atoms with E-state index in [-0.39, 0.29) is 39.5 Å². The summed E-state index contributed by atoms with van der Waals surface area (Å²) in [5.74, 6) is -0.675. The Kier molecular flexibility index (Phi) is 12.0. The molecule has 12 heteroatoms. The van der Waals surface area contributed by atoms with E-state index >= 15 is 0 Å². The first-order valence-electron chi connectivity index (χ1n) is 14.4. The molecule has 4 aromatic rings. The molecule has 0 heterocycles. The fourth-order valence-electron chi connectivity index (χ4n) is 4.86. The van der Waals surface area contributed by atoms with Gasteiger partial charge in [0.15, 0.2) is 0 Å². The van der Waals surface area contributed by atoms with Crippen LogP contribution in [0.25, 0.3) is 0 Å². The maximum atomic E-state index is 14.5. The first kappa shape index (κ1) is 35.1. The maximum Gasteiger partial charge on any atom is 0.264 e. The number of hydrogen-bond acceptors (Lipinski definition) is 5. The molecule has 0 aliphatic rings. The van der Waals surface area contributed by atoms with Crippen molar-refractivity contribution >= 4 is 62.3 Å². The lowest BCUT2D eigenvalue weighted by Gasteiger charge is -2.34. The highest BCUT2D eigenvalue weighted by Gasteiger charge is 2.34. The van der Waals surface area contributed by atoms with Gasteiger partial charge in [-0.15, -0.1) is 0 Å². The Bertz CT molecular complexity index is 1790. The molecule has 0 saturated carbocycles. The predicted molar refractivity (Wildman–Crippen MR) is 183 cm³/mol. The molecular formula is C34H34Cl3N3O5S. The van der Waals surface area contributed by atoms with Gasteiger partial charge < -0.3 is 15.0 Å². The molecule has 0 aliphatic carbocycles. The number of likely N-dealkylation sites (N-methyl/N-ethyl adjacent to an activating group) is 1. The number of anilines is 1. The lowest BCUT2D eigenvalue weighted by Crippen LogP contribution is -2.53. The summed E-state index contributed by atoms with van der Waals surface area (Å²) in [6, 6.07) is 24.0. The maximum absolute atomic E-state index is 14.5. The molecule has 0 saturated heterocycles. The lowest BCUT2D eigenvalue weighted by molar-refractivity contribution is -0.140. The number of benzene rings is 4. The van der Waals surface area contributed by atoms with Crippen molar-refractivity contribution in [2.24, 2.45) is 0 Å². The van der Waals surface area contributed by atoms with E-state index in [9.17, 15) is 18.0 Å². The van der Waals surface area contributed by atoms with Gasteiger partial charge in [-0.25, -0.2) is 8.42 Å². The molecule has 0 radical (unpaired) electrons. The van der Waals surface area contributed by atoms with Crippen LogP contribution in [0.5, 0.6) is 5.75 Å². The van der Waals surface area contributed by atoms with Crippen molar-refractivity contribution < 1.29 is 22.7 Å². The number of nitrogens with one attached hydrogen (secondary N) is 1. The van der Waals surface area contributed by atoms with E-state index in [1.54, 1.807) is 37.3 Å². The van der Waals surface area contributed by atoms with E-state index in [0.717, 1.165) is 15.4 Å². The van der Waals surface area contributed by atoms with Gasteiger partial charge >= 0.3 is 0 Å². The summed E-state index contributed by atoms with van der Waals surface area (Å²) in [6.45, 7) is 3.27. The van der Waals surface area contributed by atoms with Crippen molar-refractivity contribution in [2.45, 2.75) is 37.8 Å². The van der Waals surface area contributed by atoms with Crippen LogP contribution >= 0.6 is 34.8 Å². The van der Waals surface area contributed by atoms with Gasteiger partial charge in [0.05, 0.1) is 32.8 Å². The number of halogens is 3. The van der Waals surface area contributed by atoms with E-state index in [2.05, 4.69) is 5.32 Å². The molecule has 4 rings (SSSR count). The highest BCUT2D eigenvalue weighted by Crippen LogP contribution is 2.32. The van der Waals surface area contributed by atoms with Crippen molar-refractivity contribution in [1.82, 2.24) is 10.2 Å². The molecular weight excluding hydrogens is 669 g/mol. The molecule has 4 aromatic carbocycles. The third kappa shape index (κ3) is 8.53. The van der Waals surface area contributed by atoms with Crippen molar-refractivity contribution in [1.29, 1.82) is 0 Å². The van der Waals surface area contributed by atoms with Gasteiger partial charge in [-0.05, 0) is 67.4 Å². The largest absolute Gasteiger partial charge is 0.495 e. The first-order chi connectivity index (χ1) is 21.9. The third-order valence-electron chi connectivity index (χ3n) is 7.27. The zero-order valence-corrected chi connectivity index (χ0v) is 28.6.